The third-order valence-corrected chi connectivity index (χ3v) is 3.31. The van der Waals surface area contributed by atoms with Crippen LogP contribution in [0, 0.1) is 5.82 Å². The van der Waals surface area contributed by atoms with Gasteiger partial charge < -0.3 is 15.9 Å². The van der Waals surface area contributed by atoms with E-state index >= 15 is 0 Å². The molecule has 1 aromatic rings. The Bertz CT molecular complexity index is 456. The number of hydrogen-bond acceptors (Lipinski definition) is 3. The first-order valence-corrected chi connectivity index (χ1v) is 6.14. The van der Waals surface area contributed by atoms with Crippen LogP contribution in [0.5, 0.6) is 0 Å². The summed E-state index contributed by atoms with van der Waals surface area (Å²) in [5.41, 5.74) is 3.14. The topological polar surface area (TPSA) is 83.5 Å². The van der Waals surface area contributed by atoms with Gasteiger partial charge >= 0.3 is 5.97 Å². The SMILES string of the molecule is CC(C)(O)CCC(CN)(C(=O)O)c1ccccc1F. The lowest BCUT2D eigenvalue weighted by Gasteiger charge is -2.31. The molecule has 0 radical (unpaired) electrons. The number of nitrogens with two attached hydrogens (primary N) is 1. The summed E-state index contributed by atoms with van der Waals surface area (Å²) in [7, 11) is 0. The van der Waals surface area contributed by atoms with Gasteiger partial charge in [0.1, 0.15) is 11.2 Å². The van der Waals surface area contributed by atoms with Crippen molar-refractivity contribution in [1.82, 2.24) is 0 Å². The van der Waals surface area contributed by atoms with E-state index in [9.17, 15) is 19.4 Å². The van der Waals surface area contributed by atoms with Crippen LogP contribution in [-0.2, 0) is 10.2 Å². The van der Waals surface area contributed by atoms with Crippen LogP contribution in [0.2, 0.25) is 0 Å². The zero-order chi connectivity index (χ0) is 14.7. The minimum atomic E-state index is -1.51. The normalized spacial score (nSPS) is 15.0. The lowest BCUT2D eigenvalue weighted by atomic mass is 9.74. The number of carboxylic acids is 1. The zero-order valence-corrected chi connectivity index (χ0v) is 11.2. The number of rotatable bonds is 6. The lowest BCUT2D eigenvalue weighted by Crippen LogP contribution is -2.45. The predicted molar refractivity (Wildman–Crippen MR) is 70.3 cm³/mol. The number of hydrogen-bond donors (Lipinski definition) is 3. The molecule has 0 amide bonds. The van der Waals surface area contributed by atoms with Gasteiger partial charge in [0, 0.05) is 12.1 Å². The molecule has 0 aromatic heterocycles. The van der Waals surface area contributed by atoms with Gasteiger partial charge in [-0.1, -0.05) is 18.2 Å². The molecule has 19 heavy (non-hydrogen) atoms. The largest absolute Gasteiger partial charge is 0.481 e. The van der Waals surface area contributed by atoms with Crippen molar-refractivity contribution in [3.63, 3.8) is 0 Å². The van der Waals surface area contributed by atoms with Gasteiger partial charge in [0.05, 0.1) is 5.60 Å². The van der Waals surface area contributed by atoms with Crippen LogP contribution < -0.4 is 5.73 Å². The van der Waals surface area contributed by atoms with Gasteiger partial charge in [-0.2, -0.15) is 0 Å². The molecular weight excluding hydrogens is 249 g/mol. The van der Waals surface area contributed by atoms with E-state index in [1.807, 2.05) is 0 Å². The molecule has 0 fully saturated rings. The Hall–Kier alpha value is -1.46. The molecule has 1 rings (SSSR count). The minimum Gasteiger partial charge on any atom is -0.481 e. The fraction of sp³-hybridized carbons (Fsp3) is 0.500. The number of halogens is 1. The van der Waals surface area contributed by atoms with Gasteiger partial charge in [-0.05, 0) is 32.8 Å². The van der Waals surface area contributed by atoms with Gasteiger partial charge in [-0.3, -0.25) is 4.79 Å². The van der Waals surface area contributed by atoms with E-state index < -0.39 is 22.8 Å². The highest BCUT2D eigenvalue weighted by Crippen LogP contribution is 2.33. The molecule has 1 unspecified atom stereocenters. The predicted octanol–water partition coefficient (Wildman–Crippen LogP) is 1.66. The van der Waals surface area contributed by atoms with Crippen molar-refractivity contribution >= 4 is 5.97 Å². The van der Waals surface area contributed by atoms with Crippen LogP contribution in [0.15, 0.2) is 24.3 Å². The van der Waals surface area contributed by atoms with Crippen LogP contribution in [0.25, 0.3) is 0 Å². The highest BCUT2D eigenvalue weighted by atomic mass is 19.1. The van der Waals surface area contributed by atoms with Gasteiger partial charge in [0.2, 0.25) is 0 Å². The van der Waals surface area contributed by atoms with E-state index in [1.54, 1.807) is 19.9 Å². The first kappa shape index (κ1) is 15.6. The maximum Gasteiger partial charge on any atom is 0.315 e. The van der Waals surface area contributed by atoms with E-state index in [0.717, 1.165) is 0 Å². The van der Waals surface area contributed by atoms with Gasteiger partial charge in [-0.15, -0.1) is 0 Å². The molecule has 0 bridgehead atoms. The summed E-state index contributed by atoms with van der Waals surface area (Å²) in [6.45, 7) is 2.94. The van der Waals surface area contributed by atoms with Crippen molar-refractivity contribution in [3.05, 3.63) is 35.6 Å². The quantitative estimate of drug-likeness (QED) is 0.733. The molecule has 106 valence electrons. The Morgan fingerprint density at radius 2 is 1.89 bits per heavy atom. The molecular formula is C14H20FNO3. The number of carbonyl (C=O) groups is 1. The monoisotopic (exact) mass is 269 g/mol. The molecule has 4 N–H and O–H groups in total. The molecule has 0 heterocycles. The van der Waals surface area contributed by atoms with Crippen LogP contribution in [0.4, 0.5) is 4.39 Å². The summed E-state index contributed by atoms with van der Waals surface area (Å²) in [5.74, 6) is -1.77. The second-order valence-electron chi connectivity index (χ2n) is 5.38. The number of benzene rings is 1. The molecule has 0 spiro atoms. The van der Waals surface area contributed by atoms with Crippen molar-refractivity contribution in [2.24, 2.45) is 5.73 Å². The molecule has 0 aliphatic carbocycles. The zero-order valence-electron chi connectivity index (χ0n) is 11.2. The van der Waals surface area contributed by atoms with Crippen LogP contribution in [-0.4, -0.2) is 28.3 Å². The summed E-state index contributed by atoms with van der Waals surface area (Å²) in [6.07, 6.45) is 0.286. The Kier molecular flexibility index (Phi) is 4.66. The Morgan fingerprint density at radius 3 is 2.32 bits per heavy atom. The molecule has 0 saturated carbocycles. The van der Waals surface area contributed by atoms with E-state index in [2.05, 4.69) is 0 Å². The molecule has 0 aliphatic rings. The highest BCUT2D eigenvalue weighted by molar-refractivity contribution is 5.81. The van der Waals surface area contributed by atoms with Crippen molar-refractivity contribution < 1.29 is 19.4 Å². The van der Waals surface area contributed by atoms with Crippen molar-refractivity contribution in [2.45, 2.75) is 37.7 Å². The van der Waals surface area contributed by atoms with Crippen molar-refractivity contribution in [3.8, 4) is 0 Å². The average Bonchev–Trinajstić information content (AvgIpc) is 2.30. The molecule has 1 aromatic carbocycles. The van der Waals surface area contributed by atoms with Gasteiger partial charge in [0.25, 0.3) is 0 Å². The Labute approximate surface area is 112 Å². The molecule has 0 aliphatic heterocycles. The van der Waals surface area contributed by atoms with E-state index in [1.165, 1.54) is 18.2 Å². The first-order chi connectivity index (χ1) is 8.73. The minimum absolute atomic E-state index is 0.0641. The van der Waals surface area contributed by atoms with Gasteiger partial charge in [-0.25, -0.2) is 4.39 Å². The smallest absolute Gasteiger partial charge is 0.315 e. The first-order valence-electron chi connectivity index (χ1n) is 6.14. The molecule has 1 atom stereocenters. The van der Waals surface area contributed by atoms with E-state index in [0.29, 0.717) is 0 Å². The van der Waals surface area contributed by atoms with Crippen LogP contribution >= 0.6 is 0 Å². The summed E-state index contributed by atoms with van der Waals surface area (Å²) < 4.78 is 13.9. The fourth-order valence-electron chi connectivity index (χ4n) is 2.02. The number of aliphatic carboxylic acids is 1. The number of carboxylic acid groups (broad SMARTS) is 1. The standard InChI is InChI=1S/C14H20FNO3/c1-13(2,19)7-8-14(9-16,12(17)18)10-5-3-4-6-11(10)15/h3-6,19H,7-9,16H2,1-2H3,(H,17,18). The highest BCUT2D eigenvalue weighted by Gasteiger charge is 2.41. The summed E-state index contributed by atoms with van der Waals surface area (Å²) in [4.78, 5) is 11.6. The third-order valence-electron chi connectivity index (χ3n) is 3.31. The molecule has 4 nitrogen and oxygen atoms in total. The van der Waals surface area contributed by atoms with Gasteiger partial charge in [0.15, 0.2) is 0 Å². The lowest BCUT2D eigenvalue weighted by molar-refractivity contribution is -0.144. The van der Waals surface area contributed by atoms with Crippen LogP contribution in [0.3, 0.4) is 0 Å². The molecule has 5 heteroatoms. The summed E-state index contributed by atoms with van der Waals surface area (Å²) in [5, 5.41) is 19.2. The van der Waals surface area contributed by atoms with E-state index in [-0.39, 0.29) is 24.9 Å². The second kappa shape index (κ2) is 5.67. The maximum absolute atomic E-state index is 13.9. The summed E-state index contributed by atoms with van der Waals surface area (Å²) in [6, 6.07) is 5.72. The average molecular weight is 269 g/mol. The fourth-order valence-corrected chi connectivity index (χ4v) is 2.02. The Balaban J connectivity index is 3.20. The second-order valence-corrected chi connectivity index (χ2v) is 5.38. The van der Waals surface area contributed by atoms with Crippen molar-refractivity contribution in [1.29, 1.82) is 0 Å². The molecule has 0 saturated heterocycles. The van der Waals surface area contributed by atoms with Crippen LogP contribution in [0.1, 0.15) is 32.3 Å². The third kappa shape index (κ3) is 3.52. The Morgan fingerprint density at radius 1 is 1.32 bits per heavy atom. The number of aliphatic hydroxyl groups is 1. The maximum atomic E-state index is 13.9. The summed E-state index contributed by atoms with van der Waals surface area (Å²) >= 11 is 0. The van der Waals surface area contributed by atoms with Crippen molar-refractivity contribution in [2.75, 3.05) is 6.54 Å². The van der Waals surface area contributed by atoms with E-state index in [4.69, 9.17) is 5.73 Å².